The number of hydrogen-bond acceptors (Lipinski definition) is 4. The van der Waals surface area contributed by atoms with Crippen LogP contribution in [0.25, 0.3) is 11.3 Å². The highest BCUT2D eigenvalue weighted by atomic mass is 35.5. The molecule has 0 saturated carbocycles. The van der Waals surface area contributed by atoms with E-state index in [1.807, 2.05) is 24.3 Å². The van der Waals surface area contributed by atoms with Gasteiger partial charge < -0.3 is 10.6 Å². The van der Waals surface area contributed by atoms with Gasteiger partial charge >= 0.3 is 0 Å². The lowest BCUT2D eigenvalue weighted by molar-refractivity contribution is 0.573. The Bertz CT molecular complexity index is 591. The average Bonchev–Trinajstić information content (AvgIpc) is 2.49. The van der Waals surface area contributed by atoms with Gasteiger partial charge in [0.05, 0.1) is 5.69 Å². The summed E-state index contributed by atoms with van der Waals surface area (Å²) in [4.78, 5) is 10.9. The molecule has 0 aliphatic carbocycles. The van der Waals surface area contributed by atoms with Crippen molar-refractivity contribution in [1.82, 2.24) is 9.97 Å². The molecule has 2 aromatic rings. The zero-order chi connectivity index (χ0) is 13.9. The molecule has 2 N–H and O–H groups in total. The zero-order valence-corrected chi connectivity index (χ0v) is 12.0. The van der Waals surface area contributed by atoms with E-state index in [1.54, 1.807) is 6.33 Å². The molecule has 0 unspecified atom stereocenters. The molecule has 0 spiro atoms. The van der Waals surface area contributed by atoms with Crippen molar-refractivity contribution in [1.29, 1.82) is 0 Å². The Labute approximate surface area is 123 Å². The van der Waals surface area contributed by atoms with Crippen LogP contribution in [0.4, 0.5) is 11.5 Å². The Hall–Kier alpha value is -1.81. The van der Waals surface area contributed by atoms with Gasteiger partial charge in [0.25, 0.3) is 0 Å². The SMILES string of the molecule is Nc1c(-c2ccc(Cl)cc2)ncnc1N1CCCCC1. The second kappa shape index (κ2) is 5.67. The number of rotatable bonds is 2. The predicted octanol–water partition coefficient (Wildman–Crippen LogP) is 3.37. The highest BCUT2D eigenvalue weighted by Crippen LogP contribution is 2.31. The van der Waals surface area contributed by atoms with Crippen LogP contribution in [-0.4, -0.2) is 23.1 Å². The standard InChI is InChI=1S/C15H17ClN4/c16-12-6-4-11(5-7-12)14-13(17)15(19-10-18-14)20-8-2-1-3-9-20/h4-7,10H,1-3,8-9,17H2. The van der Waals surface area contributed by atoms with Gasteiger partial charge in [-0.25, -0.2) is 9.97 Å². The van der Waals surface area contributed by atoms with Crippen LogP contribution in [0.5, 0.6) is 0 Å². The van der Waals surface area contributed by atoms with E-state index in [9.17, 15) is 0 Å². The van der Waals surface area contributed by atoms with E-state index in [0.717, 1.165) is 30.2 Å². The monoisotopic (exact) mass is 288 g/mol. The largest absolute Gasteiger partial charge is 0.394 e. The predicted molar refractivity (Wildman–Crippen MR) is 83.0 cm³/mol. The number of nitrogens with zero attached hydrogens (tertiary/aromatic N) is 3. The summed E-state index contributed by atoms with van der Waals surface area (Å²) in [6.07, 6.45) is 5.26. The number of aromatic nitrogens is 2. The van der Waals surface area contributed by atoms with Gasteiger partial charge in [-0.3, -0.25) is 0 Å². The smallest absolute Gasteiger partial charge is 0.155 e. The summed E-state index contributed by atoms with van der Waals surface area (Å²) in [5.41, 5.74) is 8.67. The molecule has 0 bridgehead atoms. The average molecular weight is 289 g/mol. The second-order valence-corrected chi connectivity index (χ2v) is 5.45. The van der Waals surface area contributed by atoms with E-state index in [1.165, 1.54) is 19.3 Å². The molecule has 0 atom stereocenters. The van der Waals surface area contributed by atoms with E-state index >= 15 is 0 Å². The number of hydrogen-bond donors (Lipinski definition) is 1. The first-order valence-electron chi connectivity index (χ1n) is 6.87. The highest BCUT2D eigenvalue weighted by molar-refractivity contribution is 6.30. The molecule has 4 nitrogen and oxygen atoms in total. The van der Waals surface area contributed by atoms with Crippen molar-refractivity contribution in [2.24, 2.45) is 0 Å². The molecular formula is C15H17ClN4. The van der Waals surface area contributed by atoms with E-state index in [4.69, 9.17) is 17.3 Å². The number of piperidine rings is 1. The van der Waals surface area contributed by atoms with E-state index < -0.39 is 0 Å². The maximum atomic E-state index is 6.28. The maximum Gasteiger partial charge on any atom is 0.155 e. The quantitative estimate of drug-likeness (QED) is 0.920. The summed E-state index contributed by atoms with van der Waals surface area (Å²) in [6.45, 7) is 2.03. The lowest BCUT2D eigenvalue weighted by Gasteiger charge is -2.28. The molecular weight excluding hydrogens is 272 g/mol. The van der Waals surface area contributed by atoms with Crippen LogP contribution in [0, 0.1) is 0 Å². The Morgan fingerprint density at radius 2 is 1.70 bits per heavy atom. The van der Waals surface area contributed by atoms with Crippen molar-refractivity contribution in [3.8, 4) is 11.3 Å². The van der Waals surface area contributed by atoms with Crippen LogP contribution in [-0.2, 0) is 0 Å². The van der Waals surface area contributed by atoms with Gasteiger partial charge in [0.15, 0.2) is 5.82 Å². The molecule has 1 fully saturated rings. The van der Waals surface area contributed by atoms with Crippen molar-refractivity contribution in [2.75, 3.05) is 23.7 Å². The maximum absolute atomic E-state index is 6.28. The van der Waals surface area contributed by atoms with Gasteiger partial charge in [0.1, 0.15) is 12.0 Å². The molecule has 1 aliphatic heterocycles. The van der Waals surface area contributed by atoms with E-state index in [0.29, 0.717) is 10.7 Å². The fourth-order valence-corrected chi connectivity index (χ4v) is 2.71. The molecule has 1 saturated heterocycles. The highest BCUT2D eigenvalue weighted by Gasteiger charge is 2.17. The number of halogens is 1. The van der Waals surface area contributed by atoms with Crippen LogP contribution >= 0.6 is 11.6 Å². The van der Waals surface area contributed by atoms with Crippen molar-refractivity contribution in [3.63, 3.8) is 0 Å². The molecule has 5 heteroatoms. The molecule has 104 valence electrons. The van der Waals surface area contributed by atoms with Crippen molar-refractivity contribution < 1.29 is 0 Å². The molecule has 3 rings (SSSR count). The fraction of sp³-hybridized carbons (Fsp3) is 0.333. The molecule has 1 aliphatic rings. The lowest BCUT2D eigenvalue weighted by Crippen LogP contribution is -2.31. The third-order valence-electron chi connectivity index (χ3n) is 3.64. The van der Waals surface area contributed by atoms with Crippen molar-refractivity contribution in [2.45, 2.75) is 19.3 Å². The molecule has 20 heavy (non-hydrogen) atoms. The Kier molecular flexibility index (Phi) is 3.74. The Morgan fingerprint density at radius 1 is 1.00 bits per heavy atom. The first-order chi connectivity index (χ1) is 9.75. The van der Waals surface area contributed by atoms with Crippen LogP contribution in [0.15, 0.2) is 30.6 Å². The van der Waals surface area contributed by atoms with Gasteiger partial charge in [-0.1, -0.05) is 23.7 Å². The Balaban J connectivity index is 1.98. The number of anilines is 2. The molecule has 2 heterocycles. The summed E-state index contributed by atoms with van der Waals surface area (Å²) < 4.78 is 0. The minimum absolute atomic E-state index is 0.650. The van der Waals surface area contributed by atoms with Gasteiger partial charge in [-0.05, 0) is 31.4 Å². The van der Waals surface area contributed by atoms with Crippen molar-refractivity contribution >= 4 is 23.1 Å². The zero-order valence-electron chi connectivity index (χ0n) is 11.2. The van der Waals surface area contributed by atoms with Crippen LogP contribution < -0.4 is 10.6 Å². The van der Waals surface area contributed by atoms with Gasteiger partial charge in [0.2, 0.25) is 0 Å². The topological polar surface area (TPSA) is 55.0 Å². The second-order valence-electron chi connectivity index (χ2n) is 5.01. The van der Waals surface area contributed by atoms with Crippen LogP contribution in [0.2, 0.25) is 5.02 Å². The fourth-order valence-electron chi connectivity index (χ4n) is 2.58. The summed E-state index contributed by atoms with van der Waals surface area (Å²) in [6, 6.07) is 7.56. The summed E-state index contributed by atoms with van der Waals surface area (Å²) >= 11 is 5.92. The summed E-state index contributed by atoms with van der Waals surface area (Å²) in [5, 5.41) is 0.706. The third kappa shape index (κ3) is 2.56. The van der Waals surface area contributed by atoms with E-state index in [-0.39, 0.29) is 0 Å². The van der Waals surface area contributed by atoms with Gasteiger partial charge in [0, 0.05) is 23.7 Å². The molecule has 0 amide bonds. The van der Waals surface area contributed by atoms with E-state index in [2.05, 4.69) is 14.9 Å². The molecule has 0 radical (unpaired) electrons. The van der Waals surface area contributed by atoms with Gasteiger partial charge in [-0.2, -0.15) is 0 Å². The van der Waals surface area contributed by atoms with Gasteiger partial charge in [-0.15, -0.1) is 0 Å². The third-order valence-corrected chi connectivity index (χ3v) is 3.89. The molecule has 1 aromatic heterocycles. The molecule has 1 aromatic carbocycles. The minimum Gasteiger partial charge on any atom is -0.394 e. The number of nitrogens with two attached hydrogens (primary N) is 1. The first-order valence-corrected chi connectivity index (χ1v) is 7.25. The summed E-state index contributed by atoms with van der Waals surface area (Å²) in [7, 11) is 0. The number of benzene rings is 1. The number of nitrogen functional groups attached to an aromatic ring is 1. The Morgan fingerprint density at radius 3 is 2.40 bits per heavy atom. The lowest BCUT2D eigenvalue weighted by atomic mass is 10.1. The van der Waals surface area contributed by atoms with Crippen LogP contribution in [0.3, 0.4) is 0 Å². The first kappa shape index (κ1) is 13.2. The summed E-state index contributed by atoms with van der Waals surface area (Å²) in [5.74, 6) is 0.852. The minimum atomic E-state index is 0.650. The van der Waals surface area contributed by atoms with Crippen LogP contribution in [0.1, 0.15) is 19.3 Å². The van der Waals surface area contributed by atoms with Crippen molar-refractivity contribution in [3.05, 3.63) is 35.6 Å². The normalized spacial score (nSPS) is 15.3.